The summed E-state index contributed by atoms with van der Waals surface area (Å²) in [5, 5.41) is 0.153. The van der Waals surface area contributed by atoms with Crippen LogP contribution in [-0.2, 0) is 10.0 Å². The molecule has 0 saturated carbocycles. The molecule has 0 fully saturated rings. The number of nitrogens with one attached hydrogen (secondary N) is 1. The third-order valence-corrected chi connectivity index (χ3v) is 4.23. The zero-order valence-electron chi connectivity index (χ0n) is 9.82. The summed E-state index contributed by atoms with van der Waals surface area (Å²) in [6.45, 7) is 0.329. The summed E-state index contributed by atoms with van der Waals surface area (Å²) in [6.07, 6.45) is 7.21. The third kappa shape index (κ3) is 4.22. The first-order valence-electron chi connectivity index (χ1n) is 5.45. The second-order valence-electron chi connectivity index (χ2n) is 3.75. The summed E-state index contributed by atoms with van der Waals surface area (Å²) < 4.78 is 26.4. The van der Waals surface area contributed by atoms with Gasteiger partial charge in [0.25, 0.3) is 0 Å². The Morgan fingerprint density at radius 2 is 2.11 bits per heavy atom. The Morgan fingerprint density at radius 3 is 2.78 bits per heavy atom. The fourth-order valence-electron chi connectivity index (χ4n) is 1.36. The molecule has 4 nitrogen and oxygen atoms in total. The minimum absolute atomic E-state index is 0.00103. The standard InChI is InChI=1S/C12H15ClN2O2S/c1-2-3-4-5-8-15-18(16,17)12-9-10(14)6-7-11(12)13/h1,6-7,9,15H,3-5,8,14H2. The van der Waals surface area contributed by atoms with E-state index >= 15 is 0 Å². The van der Waals surface area contributed by atoms with Crippen LogP contribution in [-0.4, -0.2) is 15.0 Å². The van der Waals surface area contributed by atoms with Gasteiger partial charge in [-0.2, -0.15) is 0 Å². The second-order valence-corrected chi connectivity index (χ2v) is 5.89. The van der Waals surface area contributed by atoms with Gasteiger partial charge in [-0.15, -0.1) is 12.3 Å². The van der Waals surface area contributed by atoms with Crippen molar-refractivity contribution in [2.45, 2.75) is 24.2 Å². The SMILES string of the molecule is C#CCCCCNS(=O)(=O)c1cc(N)ccc1Cl. The molecular weight excluding hydrogens is 272 g/mol. The van der Waals surface area contributed by atoms with E-state index in [0.717, 1.165) is 6.42 Å². The van der Waals surface area contributed by atoms with E-state index in [-0.39, 0.29) is 9.92 Å². The molecule has 0 unspecified atom stereocenters. The number of nitrogens with two attached hydrogens (primary N) is 1. The molecule has 0 atom stereocenters. The van der Waals surface area contributed by atoms with Crippen LogP contribution in [0.5, 0.6) is 0 Å². The highest BCUT2D eigenvalue weighted by Crippen LogP contribution is 2.23. The van der Waals surface area contributed by atoms with E-state index in [1.54, 1.807) is 6.07 Å². The fraction of sp³-hybridized carbons (Fsp3) is 0.333. The van der Waals surface area contributed by atoms with Gasteiger partial charge in [-0.25, -0.2) is 13.1 Å². The van der Waals surface area contributed by atoms with Crippen LogP contribution in [0.25, 0.3) is 0 Å². The molecule has 1 aromatic rings. The van der Waals surface area contributed by atoms with Crippen LogP contribution in [0, 0.1) is 12.3 Å². The first-order valence-corrected chi connectivity index (χ1v) is 7.31. The highest BCUT2D eigenvalue weighted by molar-refractivity contribution is 7.89. The van der Waals surface area contributed by atoms with Gasteiger partial charge in [0.2, 0.25) is 10.0 Å². The maximum Gasteiger partial charge on any atom is 0.242 e. The minimum Gasteiger partial charge on any atom is -0.399 e. The first kappa shape index (κ1) is 14.8. The number of sulfonamides is 1. The lowest BCUT2D eigenvalue weighted by molar-refractivity contribution is 0.577. The summed E-state index contributed by atoms with van der Waals surface area (Å²) in [5.74, 6) is 2.50. The van der Waals surface area contributed by atoms with E-state index in [0.29, 0.717) is 25.1 Å². The number of unbranched alkanes of at least 4 members (excludes halogenated alkanes) is 2. The molecule has 98 valence electrons. The van der Waals surface area contributed by atoms with E-state index in [1.807, 2.05) is 0 Å². The zero-order chi connectivity index (χ0) is 13.6. The molecule has 0 aliphatic heterocycles. The molecule has 0 spiro atoms. The van der Waals surface area contributed by atoms with Gasteiger partial charge in [-0.05, 0) is 31.0 Å². The van der Waals surface area contributed by atoms with Crippen molar-refractivity contribution in [3.63, 3.8) is 0 Å². The smallest absolute Gasteiger partial charge is 0.242 e. The summed E-state index contributed by atoms with van der Waals surface area (Å²) in [5.41, 5.74) is 5.90. The lowest BCUT2D eigenvalue weighted by Crippen LogP contribution is -2.25. The molecule has 1 aromatic carbocycles. The van der Waals surface area contributed by atoms with Crippen molar-refractivity contribution in [3.8, 4) is 12.3 Å². The normalized spacial score (nSPS) is 11.1. The quantitative estimate of drug-likeness (QED) is 0.477. The molecule has 0 amide bonds. The van der Waals surface area contributed by atoms with Crippen LogP contribution in [0.3, 0.4) is 0 Å². The van der Waals surface area contributed by atoms with Crippen LogP contribution >= 0.6 is 11.6 Å². The van der Waals surface area contributed by atoms with Crippen LogP contribution in [0.2, 0.25) is 5.02 Å². The van der Waals surface area contributed by atoms with Gasteiger partial charge in [-0.3, -0.25) is 0 Å². The Labute approximate surface area is 113 Å². The number of anilines is 1. The number of halogens is 1. The maximum absolute atomic E-state index is 11.9. The van der Waals surface area contributed by atoms with Crippen molar-refractivity contribution >= 4 is 27.3 Å². The molecule has 0 aliphatic carbocycles. The van der Waals surface area contributed by atoms with E-state index in [4.69, 9.17) is 23.8 Å². The van der Waals surface area contributed by atoms with E-state index in [1.165, 1.54) is 12.1 Å². The lowest BCUT2D eigenvalue weighted by atomic mass is 10.2. The van der Waals surface area contributed by atoms with Crippen molar-refractivity contribution in [1.29, 1.82) is 0 Å². The average Bonchev–Trinajstić information content (AvgIpc) is 2.32. The van der Waals surface area contributed by atoms with Gasteiger partial charge in [0.1, 0.15) is 4.90 Å². The van der Waals surface area contributed by atoms with Gasteiger partial charge in [0, 0.05) is 18.7 Å². The average molecular weight is 287 g/mol. The molecule has 0 aliphatic rings. The van der Waals surface area contributed by atoms with E-state index in [2.05, 4.69) is 10.6 Å². The van der Waals surface area contributed by atoms with Crippen LogP contribution in [0.4, 0.5) is 5.69 Å². The highest BCUT2D eigenvalue weighted by Gasteiger charge is 2.17. The zero-order valence-corrected chi connectivity index (χ0v) is 11.4. The molecular formula is C12H15ClN2O2S. The van der Waals surface area contributed by atoms with Crippen molar-refractivity contribution in [2.24, 2.45) is 0 Å². The number of rotatable bonds is 6. The molecule has 3 N–H and O–H groups in total. The highest BCUT2D eigenvalue weighted by atomic mass is 35.5. The predicted molar refractivity (Wildman–Crippen MR) is 73.7 cm³/mol. The Balaban J connectivity index is 2.69. The molecule has 0 aromatic heterocycles. The minimum atomic E-state index is -3.61. The van der Waals surface area contributed by atoms with Crippen molar-refractivity contribution in [2.75, 3.05) is 12.3 Å². The topological polar surface area (TPSA) is 72.2 Å². The Kier molecular flexibility index (Phi) is 5.48. The van der Waals surface area contributed by atoms with Crippen LogP contribution in [0.1, 0.15) is 19.3 Å². The maximum atomic E-state index is 11.9. The van der Waals surface area contributed by atoms with Crippen molar-refractivity contribution < 1.29 is 8.42 Å². The molecule has 0 radical (unpaired) electrons. The van der Waals surface area contributed by atoms with Crippen LogP contribution in [0.15, 0.2) is 23.1 Å². The van der Waals surface area contributed by atoms with Gasteiger partial charge in [0.05, 0.1) is 5.02 Å². The number of benzene rings is 1. The molecule has 1 rings (SSSR count). The van der Waals surface area contributed by atoms with E-state index in [9.17, 15) is 8.42 Å². The largest absolute Gasteiger partial charge is 0.399 e. The second kappa shape index (κ2) is 6.64. The molecule has 0 saturated heterocycles. The lowest BCUT2D eigenvalue weighted by Gasteiger charge is -2.08. The Hall–Kier alpha value is -1.22. The van der Waals surface area contributed by atoms with Gasteiger partial charge >= 0.3 is 0 Å². The summed E-state index contributed by atoms with van der Waals surface area (Å²) in [6, 6.07) is 4.35. The summed E-state index contributed by atoms with van der Waals surface area (Å²) in [4.78, 5) is 0.00103. The van der Waals surface area contributed by atoms with Crippen molar-refractivity contribution in [3.05, 3.63) is 23.2 Å². The Morgan fingerprint density at radius 1 is 1.39 bits per heavy atom. The first-order chi connectivity index (χ1) is 8.47. The Bertz CT molecular complexity index is 550. The number of nitrogen functional groups attached to an aromatic ring is 1. The number of hydrogen-bond donors (Lipinski definition) is 2. The van der Waals surface area contributed by atoms with Crippen molar-refractivity contribution in [1.82, 2.24) is 4.72 Å². The molecule has 0 heterocycles. The summed E-state index contributed by atoms with van der Waals surface area (Å²) >= 11 is 5.84. The molecule has 6 heteroatoms. The number of terminal acetylenes is 1. The summed E-state index contributed by atoms with van der Waals surface area (Å²) in [7, 11) is -3.61. The van der Waals surface area contributed by atoms with Gasteiger partial charge in [0.15, 0.2) is 0 Å². The van der Waals surface area contributed by atoms with Gasteiger partial charge < -0.3 is 5.73 Å². The van der Waals surface area contributed by atoms with E-state index < -0.39 is 10.0 Å². The van der Waals surface area contributed by atoms with Crippen LogP contribution < -0.4 is 10.5 Å². The molecule has 18 heavy (non-hydrogen) atoms. The monoisotopic (exact) mass is 286 g/mol. The fourth-order valence-corrected chi connectivity index (χ4v) is 2.97. The number of hydrogen-bond acceptors (Lipinski definition) is 3. The predicted octanol–water partition coefficient (Wildman–Crippen LogP) is 2.00. The van der Waals surface area contributed by atoms with Gasteiger partial charge in [-0.1, -0.05) is 11.6 Å². The molecule has 0 bridgehead atoms. The third-order valence-electron chi connectivity index (χ3n) is 2.28.